The fourth-order valence-corrected chi connectivity index (χ4v) is 2.36. The zero-order chi connectivity index (χ0) is 16.1. The molecule has 1 aromatic carbocycles. The third kappa shape index (κ3) is 3.92. The first kappa shape index (κ1) is 16.2. The molecule has 1 unspecified atom stereocenters. The first-order valence-corrected chi connectivity index (χ1v) is 7.42. The van der Waals surface area contributed by atoms with E-state index in [1.165, 1.54) is 4.90 Å². The zero-order valence-corrected chi connectivity index (χ0v) is 12.7. The fourth-order valence-electron chi connectivity index (χ4n) is 2.36. The Labute approximate surface area is 129 Å². The van der Waals surface area contributed by atoms with Gasteiger partial charge in [-0.1, -0.05) is 29.8 Å². The van der Waals surface area contributed by atoms with Crippen LogP contribution in [0.25, 0.3) is 0 Å². The average molecular weight is 303 g/mol. The van der Waals surface area contributed by atoms with Gasteiger partial charge in [-0.15, -0.1) is 0 Å². The lowest BCUT2D eigenvalue weighted by atomic mass is 10.1. The molecule has 0 bridgehead atoms. The summed E-state index contributed by atoms with van der Waals surface area (Å²) in [6.45, 7) is 2.70. The maximum atomic E-state index is 12.0. The predicted molar refractivity (Wildman–Crippen MR) is 81.7 cm³/mol. The quantitative estimate of drug-likeness (QED) is 0.596. The molecule has 1 aromatic rings. The number of hydrogen-bond acceptors (Lipinski definition) is 4. The largest absolute Gasteiger partial charge is 0.354 e. The van der Waals surface area contributed by atoms with Crippen molar-refractivity contribution in [3.05, 3.63) is 35.4 Å². The van der Waals surface area contributed by atoms with Crippen molar-refractivity contribution < 1.29 is 14.4 Å². The van der Waals surface area contributed by atoms with Gasteiger partial charge in [-0.05, 0) is 18.9 Å². The maximum Gasteiger partial charge on any atom is 0.241 e. The molecule has 118 valence electrons. The standard InChI is InChI=1S/C16H21N3O3/c1-11-3-5-12(6-4-11)15(17)16(22)18-9-2-10-19-13(20)7-8-14(19)21/h3-6,15H,2,7-10,17H2,1H3,(H,18,22). The number of nitrogens with one attached hydrogen (secondary N) is 1. The Kier molecular flexibility index (Phi) is 5.27. The number of rotatable bonds is 6. The zero-order valence-electron chi connectivity index (χ0n) is 12.7. The van der Waals surface area contributed by atoms with Crippen LogP contribution in [0.5, 0.6) is 0 Å². The van der Waals surface area contributed by atoms with Crippen LogP contribution in [-0.4, -0.2) is 35.7 Å². The summed E-state index contributed by atoms with van der Waals surface area (Å²) in [5.41, 5.74) is 7.77. The van der Waals surface area contributed by atoms with E-state index in [0.29, 0.717) is 32.4 Å². The van der Waals surface area contributed by atoms with E-state index in [4.69, 9.17) is 5.73 Å². The van der Waals surface area contributed by atoms with Crippen molar-refractivity contribution in [3.8, 4) is 0 Å². The monoisotopic (exact) mass is 303 g/mol. The topological polar surface area (TPSA) is 92.5 Å². The second-order valence-electron chi connectivity index (χ2n) is 5.47. The van der Waals surface area contributed by atoms with Gasteiger partial charge in [-0.2, -0.15) is 0 Å². The highest BCUT2D eigenvalue weighted by atomic mass is 16.2. The molecular formula is C16H21N3O3. The van der Waals surface area contributed by atoms with Crippen molar-refractivity contribution in [2.24, 2.45) is 5.73 Å². The Morgan fingerprint density at radius 1 is 1.23 bits per heavy atom. The van der Waals surface area contributed by atoms with E-state index < -0.39 is 6.04 Å². The van der Waals surface area contributed by atoms with Gasteiger partial charge in [0.25, 0.3) is 0 Å². The lowest BCUT2D eigenvalue weighted by molar-refractivity contribution is -0.138. The van der Waals surface area contributed by atoms with E-state index in [0.717, 1.165) is 11.1 Å². The third-order valence-corrected chi connectivity index (χ3v) is 3.73. The minimum Gasteiger partial charge on any atom is -0.354 e. The molecule has 1 saturated heterocycles. The van der Waals surface area contributed by atoms with Crippen molar-refractivity contribution in [2.75, 3.05) is 13.1 Å². The van der Waals surface area contributed by atoms with Gasteiger partial charge in [0.2, 0.25) is 17.7 Å². The summed E-state index contributed by atoms with van der Waals surface area (Å²) in [6, 6.07) is 6.78. The molecule has 0 radical (unpaired) electrons. The molecule has 1 fully saturated rings. The van der Waals surface area contributed by atoms with Crippen molar-refractivity contribution >= 4 is 17.7 Å². The summed E-state index contributed by atoms with van der Waals surface area (Å²) in [5, 5.41) is 2.74. The van der Waals surface area contributed by atoms with Gasteiger partial charge in [-0.3, -0.25) is 19.3 Å². The second kappa shape index (κ2) is 7.17. The highest BCUT2D eigenvalue weighted by Gasteiger charge is 2.28. The van der Waals surface area contributed by atoms with E-state index in [9.17, 15) is 14.4 Å². The number of nitrogens with zero attached hydrogens (tertiary/aromatic N) is 1. The van der Waals surface area contributed by atoms with Crippen molar-refractivity contribution in [1.82, 2.24) is 10.2 Å². The van der Waals surface area contributed by atoms with Gasteiger partial charge in [0.15, 0.2) is 0 Å². The number of likely N-dealkylation sites (tertiary alicyclic amines) is 1. The Morgan fingerprint density at radius 2 is 1.82 bits per heavy atom. The number of carbonyl (C=O) groups is 3. The van der Waals surface area contributed by atoms with Crippen molar-refractivity contribution in [3.63, 3.8) is 0 Å². The van der Waals surface area contributed by atoms with Gasteiger partial charge < -0.3 is 11.1 Å². The SMILES string of the molecule is Cc1ccc(C(N)C(=O)NCCCN2C(=O)CCC2=O)cc1. The molecule has 1 aliphatic rings. The van der Waals surface area contributed by atoms with Gasteiger partial charge in [0.05, 0.1) is 0 Å². The Bertz CT molecular complexity index is 553. The van der Waals surface area contributed by atoms with E-state index in [1.807, 2.05) is 31.2 Å². The fraction of sp³-hybridized carbons (Fsp3) is 0.438. The Morgan fingerprint density at radius 3 is 2.41 bits per heavy atom. The number of hydrogen-bond donors (Lipinski definition) is 2. The molecule has 0 spiro atoms. The van der Waals surface area contributed by atoms with Gasteiger partial charge in [0.1, 0.15) is 6.04 Å². The minimum atomic E-state index is -0.712. The molecule has 0 aromatic heterocycles. The molecule has 22 heavy (non-hydrogen) atoms. The number of amides is 3. The first-order valence-electron chi connectivity index (χ1n) is 7.42. The predicted octanol–water partition coefficient (Wildman–Crippen LogP) is 0.650. The molecular weight excluding hydrogens is 282 g/mol. The number of aryl methyl sites for hydroxylation is 1. The van der Waals surface area contributed by atoms with Gasteiger partial charge in [-0.25, -0.2) is 0 Å². The number of imide groups is 1. The summed E-state index contributed by atoms with van der Waals surface area (Å²) in [6.07, 6.45) is 1.12. The molecule has 2 rings (SSSR count). The van der Waals surface area contributed by atoms with E-state index in [2.05, 4.69) is 5.32 Å². The molecule has 3 amide bonds. The molecule has 6 heteroatoms. The molecule has 0 aliphatic carbocycles. The van der Waals surface area contributed by atoms with Crippen LogP contribution in [0.2, 0.25) is 0 Å². The molecule has 6 nitrogen and oxygen atoms in total. The summed E-state index contributed by atoms with van der Waals surface area (Å²) < 4.78 is 0. The van der Waals surface area contributed by atoms with Gasteiger partial charge in [0, 0.05) is 25.9 Å². The third-order valence-electron chi connectivity index (χ3n) is 3.73. The van der Waals surface area contributed by atoms with Crippen LogP contribution in [0, 0.1) is 6.92 Å². The van der Waals surface area contributed by atoms with Crippen molar-refractivity contribution in [1.29, 1.82) is 0 Å². The molecule has 1 heterocycles. The first-order chi connectivity index (χ1) is 10.5. The Hall–Kier alpha value is -2.21. The molecule has 1 aliphatic heterocycles. The number of carbonyl (C=O) groups excluding carboxylic acids is 3. The number of nitrogens with two attached hydrogens (primary N) is 1. The number of benzene rings is 1. The van der Waals surface area contributed by atoms with E-state index in [1.54, 1.807) is 0 Å². The summed E-state index contributed by atoms with van der Waals surface area (Å²) >= 11 is 0. The van der Waals surface area contributed by atoms with Crippen LogP contribution in [0.15, 0.2) is 24.3 Å². The summed E-state index contributed by atoms with van der Waals surface area (Å²) in [4.78, 5) is 36.1. The van der Waals surface area contributed by atoms with Gasteiger partial charge >= 0.3 is 0 Å². The van der Waals surface area contributed by atoms with Crippen LogP contribution >= 0.6 is 0 Å². The lowest BCUT2D eigenvalue weighted by Crippen LogP contribution is -2.37. The summed E-state index contributed by atoms with van der Waals surface area (Å²) in [7, 11) is 0. The Balaban J connectivity index is 1.74. The summed E-state index contributed by atoms with van der Waals surface area (Å²) in [5.74, 6) is -0.525. The molecule has 1 atom stereocenters. The van der Waals surface area contributed by atoms with Crippen LogP contribution in [0.1, 0.15) is 36.4 Å². The van der Waals surface area contributed by atoms with E-state index >= 15 is 0 Å². The molecule has 3 N–H and O–H groups in total. The normalized spacial score (nSPS) is 16.0. The minimum absolute atomic E-state index is 0.132. The second-order valence-corrected chi connectivity index (χ2v) is 5.47. The maximum absolute atomic E-state index is 12.0. The van der Waals surface area contributed by atoms with Crippen LogP contribution in [0.3, 0.4) is 0 Å². The van der Waals surface area contributed by atoms with Crippen molar-refractivity contribution in [2.45, 2.75) is 32.2 Å². The lowest BCUT2D eigenvalue weighted by Gasteiger charge is -2.15. The smallest absolute Gasteiger partial charge is 0.241 e. The average Bonchev–Trinajstić information content (AvgIpc) is 2.82. The highest BCUT2D eigenvalue weighted by molar-refractivity contribution is 6.01. The van der Waals surface area contributed by atoms with Crippen LogP contribution < -0.4 is 11.1 Å². The van der Waals surface area contributed by atoms with E-state index in [-0.39, 0.29) is 17.7 Å². The molecule has 0 saturated carbocycles. The van der Waals surface area contributed by atoms with Crippen LogP contribution in [0.4, 0.5) is 0 Å². The van der Waals surface area contributed by atoms with Crippen LogP contribution in [-0.2, 0) is 14.4 Å². The highest BCUT2D eigenvalue weighted by Crippen LogP contribution is 2.12.